The van der Waals surface area contributed by atoms with Crippen molar-refractivity contribution in [2.24, 2.45) is 10.9 Å². The van der Waals surface area contributed by atoms with Crippen LogP contribution in [0, 0.1) is 5.92 Å². The van der Waals surface area contributed by atoms with E-state index in [-0.39, 0.29) is 25.1 Å². The molecule has 0 saturated carbocycles. The number of aliphatic imine (C=N–C) groups is 1. The van der Waals surface area contributed by atoms with E-state index >= 15 is 0 Å². The summed E-state index contributed by atoms with van der Waals surface area (Å²) in [5.74, 6) is 0.693. The standard InChI is InChI=1S/C16H29F3N4O4S/c1-20-15(21-6-2-9-27-14-5-10-26-12-14)22-11-13-3-7-23(8-4-13)28(24,25)16(17,18)19/h13-14H,2-12H2,1H3,(H2,20,21,22). The summed E-state index contributed by atoms with van der Waals surface area (Å²) in [6.45, 7) is 2.99. The normalized spacial score (nSPS) is 23.1. The van der Waals surface area contributed by atoms with Crippen LogP contribution in [0.1, 0.15) is 25.7 Å². The first-order valence-corrected chi connectivity index (χ1v) is 10.9. The van der Waals surface area contributed by atoms with Crippen molar-refractivity contribution in [3.8, 4) is 0 Å². The average molecular weight is 430 g/mol. The smallest absolute Gasteiger partial charge is 0.379 e. The minimum atomic E-state index is -5.24. The van der Waals surface area contributed by atoms with Crippen LogP contribution < -0.4 is 10.6 Å². The van der Waals surface area contributed by atoms with Gasteiger partial charge in [-0.25, -0.2) is 8.42 Å². The fraction of sp³-hybridized carbons (Fsp3) is 0.938. The molecule has 0 aliphatic carbocycles. The van der Waals surface area contributed by atoms with E-state index in [9.17, 15) is 21.6 Å². The van der Waals surface area contributed by atoms with Gasteiger partial charge in [-0.1, -0.05) is 0 Å². The van der Waals surface area contributed by atoms with Crippen LogP contribution in [0.2, 0.25) is 0 Å². The molecule has 0 aromatic rings. The first-order valence-electron chi connectivity index (χ1n) is 9.44. The maximum Gasteiger partial charge on any atom is 0.511 e. The summed E-state index contributed by atoms with van der Waals surface area (Å²) >= 11 is 0. The number of rotatable bonds is 8. The minimum absolute atomic E-state index is 0.0870. The van der Waals surface area contributed by atoms with Crippen molar-refractivity contribution >= 4 is 16.0 Å². The fourth-order valence-corrected chi connectivity index (χ4v) is 4.12. The van der Waals surface area contributed by atoms with Crippen LogP contribution in [0.4, 0.5) is 13.2 Å². The maximum atomic E-state index is 12.6. The first-order chi connectivity index (χ1) is 13.2. The lowest BCUT2D eigenvalue weighted by molar-refractivity contribution is -0.0496. The lowest BCUT2D eigenvalue weighted by Crippen LogP contribution is -2.47. The van der Waals surface area contributed by atoms with Gasteiger partial charge in [0.2, 0.25) is 0 Å². The van der Waals surface area contributed by atoms with Crippen molar-refractivity contribution < 1.29 is 31.1 Å². The van der Waals surface area contributed by atoms with E-state index in [0.717, 1.165) is 19.4 Å². The number of halogens is 3. The van der Waals surface area contributed by atoms with Gasteiger partial charge in [0.15, 0.2) is 5.96 Å². The number of nitrogens with zero attached hydrogens (tertiary/aromatic N) is 2. The van der Waals surface area contributed by atoms with Gasteiger partial charge in [0.25, 0.3) is 0 Å². The van der Waals surface area contributed by atoms with Crippen LogP contribution in [-0.2, 0) is 19.5 Å². The number of piperidine rings is 1. The second-order valence-electron chi connectivity index (χ2n) is 6.88. The van der Waals surface area contributed by atoms with Crippen molar-refractivity contribution in [3.63, 3.8) is 0 Å². The first kappa shape index (κ1) is 23.2. The summed E-state index contributed by atoms with van der Waals surface area (Å²) in [7, 11) is -3.59. The predicted octanol–water partition coefficient (Wildman–Crippen LogP) is 0.909. The Morgan fingerprint density at radius 3 is 2.54 bits per heavy atom. The molecule has 2 fully saturated rings. The SMILES string of the molecule is CN=C(NCCCOC1CCOC1)NCC1CCN(S(=O)(=O)C(F)(F)F)CC1. The monoisotopic (exact) mass is 430 g/mol. The van der Waals surface area contributed by atoms with Crippen molar-refractivity contribution in [2.45, 2.75) is 37.3 Å². The molecule has 2 saturated heterocycles. The van der Waals surface area contributed by atoms with Crippen LogP contribution in [0.5, 0.6) is 0 Å². The molecule has 2 heterocycles. The summed E-state index contributed by atoms with van der Waals surface area (Å²) in [6, 6.07) is 0. The highest BCUT2D eigenvalue weighted by Gasteiger charge is 2.50. The van der Waals surface area contributed by atoms with E-state index in [1.807, 2.05) is 0 Å². The molecule has 0 aromatic heterocycles. The topological polar surface area (TPSA) is 92.3 Å². The molecule has 0 aromatic carbocycles. The van der Waals surface area contributed by atoms with Gasteiger partial charge in [-0.05, 0) is 31.6 Å². The van der Waals surface area contributed by atoms with Gasteiger partial charge >= 0.3 is 15.5 Å². The van der Waals surface area contributed by atoms with Gasteiger partial charge < -0.3 is 20.1 Å². The summed E-state index contributed by atoms with van der Waals surface area (Å²) in [6.07, 6.45) is 2.67. The molecule has 0 bridgehead atoms. The second-order valence-corrected chi connectivity index (χ2v) is 8.81. The van der Waals surface area contributed by atoms with Crippen molar-refractivity contribution in [1.82, 2.24) is 14.9 Å². The van der Waals surface area contributed by atoms with Gasteiger partial charge in [-0.3, -0.25) is 4.99 Å². The molecule has 2 rings (SSSR count). The zero-order chi connectivity index (χ0) is 20.6. The van der Waals surface area contributed by atoms with E-state index in [1.165, 1.54) is 0 Å². The third-order valence-electron chi connectivity index (χ3n) is 4.84. The number of guanidine groups is 1. The molecule has 2 aliphatic rings. The molecule has 2 N–H and O–H groups in total. The summed E-state index contributed by atoms with van der Waals surface area (Å²) in [5, 5.41) is 6.30. The highest BCUT2D eigenvalue weighted by atomic mass is 32.2. The Kier molecular flexibility index (Phi) is 8.78. The minimum Gasteiger partial charge on any atom is -0.379 e. The van der Waals surface area contributed by atoms with Crippen molar-refractivity contribution in [2.75, 3.05) is 53.0 Å². The Morgan fingerprint density at radius 1 is 1.25 bits per heavy atom. The molecule has 0 radical (unpaired) electrons. The van der Waals surface area contributed by atoms with Crippen molar-refractivity contribution in [1.29, 1.82) is 0 Å². The molecule has 0 amide bonds. The average Bonchev–Trinajstić information content (AvgIpc) is 3.17. The Hall–Kier alpha value is -1.11. The molecule has 164 valence electrons. The van der Waals surface area contributed by atoms with Crippen molar-refractivity contribution in [3.05, 3.63) is 0 Å². The van der Waals surface area contributed by atoms with Crippen LogP contribution in [0.25, 0.3) is 0 Å². The Balaban J connectivity index is 1.61. The number of hydrogen-bond donors (Lipinski definition) is 2. The second kappa shape index (κ2) is 10.6. The van der Waals surface area contributed by atoms with Gasteiger partial charge in [-0.15, -0.1) is 0 Å². The summed E-state index contributed by atoms with van der Waals surface area (Å²) in [5.41, 5.74) is -5.24. The summed E-state index contributed by atoms with van der Waals surface area (Å²) < 4.78 is 72.1. The van der Waals surface area contributed by atoms with Gasteiger partial charge in [0, 0.05) is 46.4 Å². The van der Waals surface area contributed by atoms with Crippen LogP contribution in [0.15, 0.2) is 4.99 Å². The summed E-state index contributed by atoms with van der Waals surface area (Å²) in [4.78, 5) is 4.11. The van der Waals surface area contributed by atoms with Crippen LogP contribution in [0.3, 0.4) is 0 Å². The molecule has 2 aliphatic heterocycles. The van der Waals surface area contributed by atoms with Gasteiger partial charge in [0.1, 0.15) is 0 Å². The highest BCUT2D eigenvalue weighted by molar-refractivity contribution is 7.90. The number of alkyl halides is 3. The molecule has 1 unspecified atom stereocenters. The lowest BCUT2D eigenvalue weighted by Gasteiger charge is -2.31. The molecule has 1 atom stereocenters. The number of nitrogens with one attached hydrogen (secondary N) is 2. The van der Waals surface area contributed by atoms with E-state index in [2.05, 4.69) is 15.6 Å². The lowest BCUT2D eigenvalue weighted by atomic mass is 9.98. The highest BCUT2D eigenvalue weighted by Crippen LogP contribution is 2.30. The number of hydrogen-bond acceptors (Lipinski definition) is 5. The van der Waals surface area contributed by atoms with E-state index < -0.39 is 15.5 Å². The number of ether oxygens (including phenoxy) is 2. The molecular formula is C16H29F3N4O4S. The molecule has 0 spiro atoms. The van der Waals surface area contributed by atoms with E-state index in [4.69, 9.17) is 9.47 Å². The Bertz CT molecular complexity index is 602. The molecule has 28 heavy (non-hydrogen) atoms. The Labute approximate surface area is 163 Å². The van der Waals surface area contributed by atoms with Gasteiger partial charge in [-0.2, -0.15) is 17.5 Å². The van der Waals surface area contributed by atoms with Crippen LogP contribution in [-0.4, -0.2) is 83.3 Å². The predicted molar refractivity (Wildman–Crippen MR) is 98.4 cm³/mol. The fourth-order valence-electron chi connectivity index (χ4n) is 3.14. The molecule has 12 heteroatoms. The maximum absolute atomic E-state index is 12.6. The largest absolute Gasteiger partial charge is 0.511 e. The van der Waals surface area contributed by atoms with Gasteiger partial charge in [0.05, 0.1) is 12.7 Å². The molecule has 8 nitrogen and oxygen atoms in total. The Morgan fingerprint density at radius 2 is 1.96 bits per heavy atom. The van der Waals surface area contributed by atoms with E-state index in [0.29, 0.717) is 49.4 Å². The number of sulfonamides is 1. The molecular weight excluding hydrogens is 401 g/mol. The van der Waals surface area contributed by atoms with Crippen LogP contribution >= 0.6 is 0 Å². The quantitative estimate of drug-likeness (QED) is 0.338. The van der Waals surface area contributed by atoms with E-state index in [1.54, 1.807) is 7.05 Å². The zero-order valence-electron chi connectivity index (χ0n) is 16.0. The third kappa shape index (κ3) is 6.75. The third-order valence-corrected chi connectivity index (χ3v) is 6.47. The zero-order valence-corrected chi connectivity index (χ0v) is 16.8.